The van der Waals surface area contributed by atoms with E-state index in [1.807, 2.05) is 12.1 Å². The standard InChI is InChI=1S/C23H20N2O6S/c1-23(13-8-14-24)21(25-18(26)15-19(25)32(23,28)29)31-22(27)30-20(16-9-4-2-5-10-16)17-11-6-3-7-12-17/h2-13,19-21H,15H2,1H3/b13-8+/t19-,21+,23+/m1/s1. The van der Waals surface area contributed by atoms with Gasteiger partial charge in [-0.2, -0.15) is 5.26 Å². The van der Waals surface area contributed by atoms with Crippen LogP contribution in [0.3, 0.4) is 0 Å². The summed E-state index contributed by atoms with van der Waals surface area (Å²) >= 11 is 0. The maximum absolute atomic E-state index is 13.0. The van der Waals surface area contributed by atoms with Crippen LogP contribution in [0.5, 0.6) is 0 Å². The molecule has 8 nitrogen and oxygen atoms in total. The molecule has 2 heterocycles. The number of carbonyl (C=O) groups excluding carboxylic acids is 2. The number of sulfone groups is 1. The van der Waals surface area contributed by atoms with Gasteiger partial charge in [-0.1, -0.05) is 60.7 Å². The Morgan fingerprint density at radius 3 is 2.22 bits per heavy atom. The number of benzene rings is 2. The third kappa shape index (κ3) is 3.42. The molecule has 0 bridgehead atoms. The minimum absolute atomic E-state index is 0.191. The third-order valence-corrected chi connectivity index (χ3v) is 8.45. The van der Waals surface area contributed by atoms with Crippen LogP contribution < -0.4 is 0 Å². The number of nitriles is 1. The van der Waals surface area contributed by atoms with Gasteiger partial charge in [0.2, 0.25) is 12.1 Å². The summed E-state index contributed by atoms with van der Waals surface area (Å²) in [5.41, 5.74) is 1.39. The Balaban J connectivity index is 1.63. The quantitative estimate of drug-likeness (QED) is 0.389. The van der Waals surface area contributed by atoms with Crippen LogP contribution in [-0.2, 0) is 24.1 Å². The predicted molar refractivity (Wildman–Crippen MR) is 113 cm³/mol. The Labute approximate surface area is 185 Å². The molecule has 0 saturated carbocycles. The van der Waals surface area contributed by atoms with E-state index in [1.54, 1.807) is 54.6 Å². The smallest absolute Gasteiger partial charge is 0.421 e. The molecule has 0 spiro atoms. The SMILES string of the molecule is C[C@]1(/C=C/C#N)[C@H](OC(=O)OC(c2ccccc2)c2ccccc2)N2C(=O)C[C@H]2S1(=O)=O. The Morgan fingerprint density at radius 2 is 1.72 bits per heavy atom. The van der Waals surface area contributed by atoms with Crippen LogP contribution in [0.4, 0.5) is 4.79 Å². The number of fused-ring (bicyclic) bond motifs is 1. The summed E-state index contributed by atoms with van der Waals surface area (Å²) in [5.74, 6) is -0.451. The van der Waals surface area contributed by atoms with E-state index in [-0.39, 0.29) is 6.42 Å². The second-order valence-electron chi connectivity index (χ2n) is 7.69. The highest BCUT2D eigenvalue weighted by atomic mass is 32.2. The molecule has 2 aliphatic heterocycles. The highest BCUT2D eigenvalue weighted by Gasteiger charge is 2.68. The molecular weight excluding hydrogens is 432 g/mol. The molecule has 0 N–H and O–H groups in total. The molecule has 0 aliphatic carbocycles. The van der Waals surface area contributed by atoms with Gasteiger partial charge in [0.1, 0.15) is 10.1 Å². The highest BCUT2D eigenvalue weighted by Crippen LogP contribution is 2.47. The maximum Gasteiger partial charge on any atom is 0.511 e. The Hall–Kier alpha value is -3.64. The van der Waals surface area contributed by atoms with E-state index in [0.717, 1.165) is 17.1 Å². The second kappa shape index (κ2) is 8.13. The van der Waals surface area contributed by atoms with Crippen LogP contribution in [0.1, 0.15) is 30.6 Å². The van der Waals surface area contributed by atoms with Crippen molar-refractivity contribution in [1.82, 2.24) is 4.90 Å². The minimum atomic E-state index is -3.93. The van der Waals surface area contributed by atoms with E-state index >= 15 is 0 Å². The molecule has 9 heteroatoms. The van der Waals surface area contributed by atoms with E-state index in [2.05, 4.69) is 0 Å². The van der Waals surface area contributed by atoms with Gasteiger partial charge in [0.05, 0.1) is 12.5 Å². The van der Waals surface area contributed by atoms with E-state index < -0.39 is 44.4 Å². The summed E-state index contributed by atoms with van der Waals surface area (Å²) in [5, 5.41) is 7.81. The van der Waals surface area contributed by atoms with Crippen molar-refractivity contribution in [3.63, 3.8) is 0 Å². The molecule has 4 rings (SSSR count). The number of carbonyl (C=O) groups is 2. The van der Waals surface area contributed by atoms with Gasteiger partial charge in [-0.3, -0.25) is 9.69 Å². The number of nitrogens with zero attached hydrogens (tertiary/aromatic N) is 2. The maximum atomic E-state index is 13.0. The lowest BCUT2D eigenvalue weighted by Gasteiger charge is -2.36. The van der Waals surface area contributed by atoms with Crippen molar-refractivity contribution in [2.45, 2.75) is 35.8 Å². The molecule has 0 radical (unpaired) electrons. The van der Waals surface area contributed by atoms with Crippen molar-refractivity contribution in [1.29, 1.82) is 5.26 Å². The van der Waals surface area contributed by atoms with Crippen LogP contribution in [-0.4, -0.2) is 41.7 Å². The molecule has 2 aromatic carbocycles. The van der Waals surface area contributed by atoms with Gasteiger partial charge < -0.3 is 9.47 Å². The van der Waals surface area contributed by atoms with E-state index in [9.17, 15) is 18.0 Å². The molecule has 164 valence electrons. The summed E-state index contributed by atoms with van der Waals surface area (Å²) in [6.45, 7) is 1.32. The zero-order valence-corrected chi connectivity index (χ0v) is 17.9. The van der Waals surface area contributed by atoms with Gasteiger partial charge in [0, 0.05) is 6.08 Å². The lowest BCUT2D eigenvalue weighted by molar-refractivity contribution is -0.157. The fourth-order valence-electron chi connectivity index (χ4n) is 4.01. The molecule has 1 amide bonds. The predicted octanol–water partition coefficient (Wildman–Crippen LogP) is 3.08. The van der Waals surface area contributed by atoms with E-state index in [1.165, 1.54) is 6.92 Å². The van der Waals surface area contributed by atoms with Gasteiger partial charge in [0.15, 0.2) is 15.9 Å². The molecule has 2 aromatic rings. The Morgan fingerprint density at radius 1 is 1.16 bits per heavy atom. The molecule has 2 saturated heterocycles. The summed E-state index contributed by atoms with van der Waals surface area (Å²) in [6.07, 6.45) is -1.40. The monoisotopic (exact) mass is 452 g/mol. The van der Waals surface area contributed by atoms with Crippen molar-refractivity contribution in [3.8, 4) is 6.07 Å². The second-order valence-corrected chi connectivity index (χ2v) is 10.2. The Kier molecular flexibility index (Phi) is 5.48. The molecule has 0 unspecified atom stereocenters. The van der Waals surface area contributed by atoms with Crippen LogP contribution >= 0.6 is 0 Å². The van der Waals surface area contributed by atoms with Crippen LogP contribution in [0.2, 0.25) is 0 Å². The molecule has 0 aromatic heterocycles. The average molecular weight is 452 g/mol. The number of hydrogen-bond donors (Lipinski definition) is 0. The first-order valence-corrected chi connectivity index (χ1v) is 11.4. The normalized spacial score (nSPS) is 25.8. The van der Waals surface area contributed by atoms with Crippen molar-refractivity contribution in [3.05, 3.63) is 83.9 Å². The molecular formula is C23H20N2O6S. The largest absolute Gasteiger partial charge is 0.511 e. The van der Waals surface area contributed by atoms with Crippen molar-refractivity contribution in [2.75, 3.05) is 0 Å². The summed E-state index contributed by atoms with van der Waals surface area (Å²) in [4.78, 5) is 26.0. The number of amides is 1. The fourth-order valence-corrected chi connectivity index (χ4v) is 6.18. The summed E-state index contributed by atoms with van der Waals surface area (Å²) < 4.78 is 35.3. The first kappa shape index (κ1) is 21.6. The minimum Gasteiger partial charge on any atom is -0.421 e. The highest BCUT2D eigenvalue weighted by molar-refractivity contribution is 7.94. The molecule has 3 atom stereocenters. The van der Waals surface area contributed by atoms with Gasteiger partial charge in [0.25, 0.3) is 0 Å². The topological polar surface area (TPSA) is 114 Å². The van der Waals surface area contributed by atoms with Crippen molar-refractivity contribution in [2.24, 2.45) is 0 Å². The molecule has 32 heavy (non-hydrogen) atoms. The van der Waals surface area contributed by atoms with Crippen LogP contribution in [0, 0.1) is 11.3 Å². The number of ether oxygens (including phenoxy) is 2. The van der Waals surface area contributed by atoms with Crippen molar-refractivity contribution < 1.29 is 27.5 Å². The first-order valence-electron chi connectivity index (χ1n) is 9.88. The first-order chi connectivity index (χ1) is 15.3. The zero-order chi connectivity index (χ0) is 22.9. The van der Waals surface area contributed by atoms with E-state index in [0.29, 0.717) is 11.1 Å². The van der Waals surface area contributed by atoms with Gasteiger partial charge in [-0.25, -0.2) is 13.2 Å². The Bertz CT molecular complexity index is 1170. The number of rotatable bonds is 5. The number of allylic oxidation sites excluding steroid dienone is 1. The average Bonchev–Trinajstić information content (AvgIpc) is 2.92. The fraction of sp³-hybridized carbons (Fsp3) is 0.261. The van der Waals surface area contributed by atoms with Gasteiger partial charge in [-0.05, 0) is 24.1 Å². The van der Waals surface area contributed by atoms with Crippen LogP contribution in [0.15, 0.2) is 72.8 Å². The van der Waals surface area contributed by atoms with E-state index in [4.69, 9.17) is 14.7 Å². The molecule has 2 fully saturated rings. The molecule has 2 aliphatic rings. The lowest BCUT2D eigenvalue weighted by atomic mass is 10.0. The lowest BCUT2D eigenvalue weighted by Crippen LogP contribution is -2.55. The summed E-state index contributed by atoms with van der Waals surface area (Å²) in [7, 11) is -3.93. The van der Waals surface area contributed by atoms with Crippen molar-refractivity contribution >= 4 is 21.9 Å². The van der Waals surface area contributed by atoms with Crippen LogP contribution in [0.25, 0.3) is 0 Å². The van der Waals surface area contributed by atoms with Gasteiger partial charge >= 0.3 is 6.16 Å². The zero-order valence-electron chi connectivity index (χ0n) is 17.1. The van der Waals surface area contributed by atoms with Gasteiger partial charge in [-0.15, -0.1) is 0 Å². The third-order valence-electron chi connectivity index (χ3n) is 5.78. The summed E-state index contributed by atoms with van der Waals surface area (Å²) in [6, 6.07) is 19.8. The number of β-lactam (4-membered cyclic amide) rings is 1. The number of hydrogen-bond acceptors (Lipinski definition) is 7.